The molecule has 0 saturated heterocycles. The molecule has 0 aliphatic carbocycles. The third-order valence-electron chi connectivity index (χ3n) is 3.55. The van der Waals surface area contributed by atoms with Crippen molar-refractivity contribution in [1.82, 2.24) is 0 Å². The number of alkyl halides is 1. The van der Waals surface area contributed by atoms with E-state index in [4.69, 9.17) is 11.6 Å². The molecule has 1 aromatic heterocycles. The van der Waals surface area contributed by atoms with Gasteiger partial charge < -0.3 is 13.6 Å². The molecule has 2 rings (SSSR count). The number of hydrogen-bond acceptors (Lipinski definition) is 4. The molecule has 7 heteroatoms. The maximum absolute atomic E-state index is 9.67. The Balaban J connectivity index is 0.000000487. The van der Waals surface area contributed by atoms with Crippen LogP contribution in [0.5, 0.6) is 0 Å². The van der Waals surface area contributed by atoms with E-state index in [0.29, 0.717) is 5.88 Å². The second kappa shape index (κ2) is 11.0. The molecule has 1 heterocycles. The van der Waals surface area contributed by atoms with Gasteiger partial charge >= 0.3 is 0 Å². The summed E-state index contributed by atoms with van der Waals surface area (Å²) in [7, 11) is 1.74. The van der Waals surface area contributed by atoms with Crippen molar-refractivity contribution >= 4 is 45.4 Å². The number of aromatic nitrogens is 1. The molecule has 0 aliphatic rings. The predicted molar refractivity (Wildman–Crippen MR) is 110 cm³/mol. The van der Waals surface area contributed by atoms with Crippen LogP contribution in [0.25, 0.3) is 12.2 Å². The maximum Gasteiger partial charge on any atom is 0.204 e. The summed E-state index contributed by atoms with van der Waals surface area (Å²) in [5.74, 6) is 3.28. The Morgan fingerprint density at radius 2 is 1.88 bits per heavy atom. The first-order valence-electron chi connectivity index (χ1n) is 7.90. The van der Waals surface area contributed by atoms with Gasteiger partial charge in [0.2, 0.25) is 5.69 Å². The summed E-state index contributed by atoms with van der Waals surface area (Å²) in [4.78, 5) is 2.15. The molecule has 1 aromatic carbocycles. The first-order chi connectivity index (χ1) is 12.3. The lowest BCUT2D eigenvalue weighted by Crippen LogP contribution is -2.30. The van der Waals surface area contributed by atoms with Crippen LogP contribution < -0.4 is 9.47 Å². The molecule has 26 heavy (non-hydrogen) atoms. The number of aryl methyl sites for hydroxylation is 1. The van der Waals surface area contributed by atoms with E-state index in [-0.39, 0.29) is 0 Å². The predicted octanol–water partition coefficient (Wildman–Crippen LogP) is 2.75. The molecule has 0 saturated carbocycles. The van der Waals surface area contributed by atoms with Crippen LogP contribution in [-0.2, 0) is 21.3 Å². The number of nitrogens with zero attached hydrogens (tertiary/aromatic N) is 2. The minimum absolute atomic E-state index is 0.642. The molecule has 1 unspecified atom stereocenters. The smallest absolute Gasteiger partial charge is 0.204 e. The number of benzene rings is 1. The minimum atomic E-state index is -3.41. The number of anilines is 1. The van der Waals surface area contributed by atoms with Gasteiger partial charge in [0.15, 0.2) is 6.20 Å². The minimum Gasteiger partial charge on any atom is -0.757 e. The van der Waals surface area contributed by atoms with Crippen LogP contribution in [0.2, 0.25) is 0 Å². The molecule has 0 bridgehead atoms. The van der Waals surface area contributed by atoms with Gasteiger partial charge in [-0.1, -0.05) is 12.1 Å². The van der Waals surface area contributed by atoms with Gasteiger partial charge in [-0.25, -0.2) is 4.57 Å². The number of hydrogen-bond donors (Lipinski definition) is 0. The van der Waals surface area contributed by atoms with Crippen LogP contribution in [0.3, 0.4) is 0 Å². The molecule has 142 valence electrons. The van der Waals surface area contributed by atoms with Crippen molar-refractivity contribution in [2.24, 2.45) is 7.05 Å². The standard InChI is InChI=1S/C17H20ClN2.C2H6O3S/c1-19-13-4-3-5-16(19)9-6-15-7-10-17(11-8-15)20(2)14-12-18;1-5-6(2,3)4/h3-11,13H,12,14H2,1-2H3;2H2,1H3,(H,3,4)/q+1;/p-1. The lowest BCUT2D eigenvalue weighted by atomic mass is 10.1. The van der Waals surface area contributed by atoms with Gasteiger partial charge in [0.1, 0.15) is 7.05 Å². The van der Waals surface area contributed by atoms with Crippen molar-refractivity contribution in [2.75, 3.05) is 31.5 Å². The first-order valence-corrected chi connectivity index (χ1v) is 10.0. The zero-order valence-corrected chi connectivity index (χ0v) is 16.9. The summed E-state index contributed by atoms with van der Waals surface area (Å²) in [6, 6.07) is 14.7. The summed E-state index contributed by atoms with van der Waals surface area (Å²) in [6.45, 7) is 0.858. The van der Waals surface area contributed by atoms with E-state index in [9.17, 15) is 8.76 Å². The van der Waals surface area contributed by atoms with E-state index in [1.54, 1.807) is 0 Å². The highest BCUT2D eigenvalue weighted by Crippen LogP contribution is 2.15. The molecule has 0 fully saturated rings. The monoisotopic (exact) mass is 396 g/mol. The third kappa shape index (κ3) is 8.49. The highest BCUT2D eigenvalue weighted by atomic mass is 35.5. The highest BCUT2D eigenvalue weighted by molar-refractivity contribution is 7.90. The Labute approximate surface area is 161 Å². The fourth-order valence-electron chi connectivity index (χ4n) is 1.99. The molecule has 2 aromatic rings. The molecular formula is C19H25ClN2O3S. The van der Waals surface area contributed by atoms with Crippen molar-refractivity contribution in [3.8, 4) is 0 Å². The zero-order chi connectivity index (χ0) is 19.6. The molecule has 0 aliphatic heterocycles. The van der Waals surface area contributed by atoms with Gasteiger partial charge in [-0.3, -0.25) is 4.21 Å². The molecule has 0 amide bonds. The van der Waals surface area contributed by atoms with Crippen molar-refractivity contribution in [1.29, 1.82) is 0 Å². The van der Waals surface area contributed by atoms with E-state index in [1.807, 2.05) is 25.4 Å². The molecular weight excluding hydrogens is 372 g/mol. The van der Waals surface area contributed by atoms with Crippen molar-refractivity contribution in [3.63, 3.8) is 0 Å². The topological polar surface area (TPSA) is 56.5 Å². The number of pyridine rings is 1. The second-order valence-electron chi connectivity index (χ2n) is 5.50. The number of halogens is 1. The normalized spacial score (nSPS) is 13.0. The first kappa shape index (κ1) is 22.2. The third-order valence-corrected chi connectivity index (χ3v) is 4.23. The lowest BCUT2D eigenvalue weighted by Gasteiger charge is -2.17. The fourth-order valence-corrected chi connectivity index (χ4v) is 2.24. The summed E-state index contributed by atoms with van der Waals surface area (Å²) in [5.41, 5.74) is 3.56. The number of rotatable bonds is 6. The van der Waals surface area contributed by atoms with Crippen LogP contribution in [0.1, 0.15) is 11.3 Å². The Hall–Kier alpha value is -1.86. The van der Waals surface area contributed by atoms with Gasteiger partial charge in [-0.05, 0) is 35.7 Å². The SMILES string of the molecule is C=S(=O)([O-])OC.CN(CCCl)c1ccc(/C=C/c2cccc[n+]2C)cc1. The van der Waals surface area contributed by atoms with E-state index in [2.05, 4.69) is 69.1 Å². The quantitative estimate of drug-likeness (QED) is 0.428. The van der Waals surface area contributed by atoms with Crippen LogP contribution in [-0.4, -0.2) is 41.2 Å². The van der Waals surface area contributed by atoms with Crippen LogP contribution >= 0.6 is 11.6 Å². The molecule has 0 spiro atoms. The Bertz CT molecular complexity index is 806. The summed E-state index contributed by atoms with van der Waals surface area (Å²) in [6.07, 6.45) is 6.29. The van der Waals surface area contributed by atoms with E-state index < -0.39 is 10.1 Å². The van der Waals surface area contributed by atoms with E-state index in [1.165, 1.54) is 16.9 Å². The Morgan fingerprint density at radius 1 is 1.27 bits per heavy atom. The summed E-state index contributed by atoms with van der Waals surface area (Å²) < 4.78 is 25.2. The van der Waals surface area contributed by atoms with Gasteiger partial charge in [0.05, 0.1) is 7.11 Å². The fraction of sp³-hybridized carbons (Fsp3) is 0.263. The van der Waals surface area contributed by atoms with Gasteiger partial charge in [0, 0.05) is 53.5 Å². The molecule has 5 nitrogen and oxygen atoms in total. The van der Waals surface area contributed by atoms with Gasteiger partial charge in [-0.2, -0.15) is 0 Å². The average molecular weight is 397 g/mol. The van der Waals surface area contributed by atoms with Crippen molar-refractivity contribution < 1.29 is 17.5 Å². The maximum atomic E-state index is 9.67. The van der Waals surface area contributed by atoms with E-state index in [0.717, 1.165) is 13.7 Å². The Kier molecular flexibility index (Phi) is 9.37. The second-order valence-corrected chi connectivity index (χ2v) is 7.32. The Morgan fingerprint density at radius 3 is 2.38 bits per heavy atom. The van der Waals surface area contributed by atoms with Gasteiger partial charge in [0.25, 0.3) is 0 Å². The average Bonchev–Trinajstić information content (AvgIpc) is 2.61. The zero-order valence-electron chi connectivity index (χ0n) is 15.3. The van der Waals surface area contributed by atoms with Gasteiger partial charge in [-0.15, -0.1) is 11.6 Å². The van der Waals surface area contributed by atoms with Crippen LogP contribution in [0.15, 0.2) is 48.7 Å². The highest BCUT2D eigenvalue weighted by Gasteiger charge is 2.00. The van der Waals surface area contributed by atoms with Crippen molar-refractivity contribution in [3.05, 3.63) is 59.9 Å². The molecule has 0 N–H and O–H groups in total. The van der Waals surface area contributed by atoms with E-state index >= 15 is 0 Å². The van der Waals surface area contributed by atoms with Crippen LogP contribution in [0.4, 0.5) is 5.69 Å². The summed E-state index contributed by atoms with van der Waals surface area (Å²) >= 11 is 5.75. The lowest BCUT2D eigenvalue weighted by molar-refractivity contribution is -0.673. The molecule has 1 atom stereocenters. The van der Waals surface area contributed by atoms with Crippen molar-refractivity contribution in [2.45, 2.75) is 0 Å². The molecule has 0 radical (unpaired) electrons. The van der Waals surface area contributed by atoms with Crippen LogP contribution in [0, 0.1) is 0 Å². The summed E-state index contributed by atoms with van der Waals surface area (Å²) in [5, 5.41) is 0. The largest absolute Gasteiger partial charge is 0.757 e.